The number of aromatic nitrogens is 1. The fourth-order valence-electron chi connectivity index (χ4n) is 5.55. The molecule has 0 spiro atoms. The molecule has 1 atom stereocenters. The lowest BCUT2D eigenvalue weighted by Gasteiger charge is -2.55. The second kappa shape index (κ2) is 8.44. The number of rotatable bonds is 6. The van der Waals surface area contributed by atoms with E-state index in [1.807, 2.05) is 13.0 Å². The van der Waals surface area contributed by atoms with Crippen molar-refractivity contribution in [2.24, 2.45) is 5.41 Å². The third-order valence-electron chi connectivity index (χ3n) is 7.55. The topological polar surface area (TPSA) is 65.8 Å². The maximum absolute atomic E-state index is 12.3. The number of nitrogens with zero attached hydrogens (tertiary/aromatic N) is 2. The normalized spacial score (nSPS) is 27.6. The maximum Gasteiger partial charge on any atom is 0.138 e. The Balaban J connectivity index is 1.65. The molecule has 1 saturated heterocycles. The minimum atomic E-state index is -1.17. The van der Waals surface area contributed by atoms with Crippen molar-refractivity contribution in [3.8, 4) is 5.75 Å². The van der Waals surface area contributed by atoms with Gasteiger partial charge in [0.25, 0.3) is 0 Å². The first-order valence-corrected chi connectivity index (χ1v) is 11.9. The van der Waals surface area contributed by atoms with Crippen LogP contribution in [0, 0.1) is 5.41 Å². The molecule has 1 aliphatic heterocycles. The van der Waals surface area contributed by atoms with Crippen LogP contribution in [-0.2, 0) is 5.60 Å². The van der Waals surface area contributed by atoms with Gasteiger partial charge in [0.2, 0.25) is 0 Å². The van der Waals surface area contributed by atoms with Gasteiger partial charge < -0.3 is 19.8 Å². The summed E-state index contributed by atoms with van der Waals surface area (Å²) in [7, 11) is 2.08. The predicted molar refractivity (Wildman–Crippen MR) is 127 cm³/mol. The molecule has 2 fully saturated rings. The molecule has 0 bridgehead atoms. The smallest absolute Gasteiger partial charge is 0.138 e. The second-order valence-corrected chi connectivity index (χ2v) is 10.9. The van der Waals surface area contributed by atoms with E-state index in [4.69, 9.17) is 4.74 Å². The molecule has 2 heterocycles. The Morgan fingerprint density at radius 2 is 1.69 bits per heavy atom. The number of likely N-dealkylation sites (tertiary alicyclic amines) is 1. The van der Waals surface area contributed by atoms with Crippen molar-refractivity contribution in [2.45, 2.75) is 76.6 Å². The van der Waals surface area contributed by atoms with Crippen molar-refractivity contribution >= 4 is 0 Å². The van der Waals surface area contributed by atoms with Gasteiger partial charge in [-0.15, -0.1) is 0 Å². The van der Waals surface area contributed by atoms with Crippen LogP contribution in [0.5, 0.6) is 5.75 Å². The lowest BCUT2D eigenvalue weighted by Crippen LogP contribution is -2.63. The molecule has 0 radical (unpaired) electrons. The zero-order valence-corrected chi connectivity index (χ0v) is 20.1. The van der Waals surface area contributed by atoms with Gasteiger partial charge >= 0.3 is 0 Å². The third-order valence-corrected chi connectivity index (χ3v) is 7.55. The van der Waals surface area contributed by atoms with Gasteiger partial charge in [0.15, 0.2) is 0 Å². The van der Waals surface area contributed by atoms with Crippen molar-refractivity contribution in [3.05, 3.63) is 59.4 Å². The number of ether oxygens (including phenoxy) is 1. The van der Waals surface area contributed by atoms with Crippen LogP contribution in [0.15, 0.2) is 42.7 Å². The van der Waals surface area contributed by atoms with Gasteiger partial charge in [0.1, 0.15) is 11.4 Å². The summed E-state index contributed by atoms with van der Waals surface area (Å²) in [5.41, 5.74) is 0.835. The van der Waals surface area contributed by atoms with Crippen LogP contribution in [0.2, 0.25) is 0 Å². The summed E-state index contributed by atoms with van der Waals surface area (Å²) < 4.78 is 6.26. The van der Waals surface area contributed by atoms with Crippen molar-refractivity contribution in [2.75, 3.05) is 20.1 Å². The molecule has 0 amide bonds. The van der Waals surface area contributed by atoms with E-state index < -0.39 is 11.2 Å². The highest BCUT2D eigenvalue weighted by Gasteiger charge is 2.55. The molecule has 2 aromatic rings. The van der Waals surface area contributed by atoms with Gasteiger partial charge in [0, 0.05) is 30.3 Å². The van der Waals surface area contributed by atoms with Crippen molar-refractivity contribution < 1.29 is 14.9 Å². The van der Waals surface area contributed by atoms with E-state index in [9.17, 15) is 10.2 Å². The van der Waals surface area contributed by atoms with Crippen LogP contribution < -0.4 is 4.74 Å². The van der Waals surface area contributed by atoms with Crippen LogP contribution in [0.3, 0.4) is 0 Å². The number of benzene rings is 1. The van der Waals surface area contributed by atoms with Crippen LogP contribution in [0.4, 0.5) is 0 Å². The zero-order valence-electron chi connectivity index (χ0n) is 20.1. The molecular formula is C27H38N2O3. The minimum absolute atomic E-state index is 0.0658. The second-order valence-electron chi connectivity index (χ2n) is 10.9. The minimum Gasteiger partial charge on any atom is -0.489 e. The Kier molecular flexibility index (Phi) is 6.12. The quantitative estimate of drug-likeness (QED) is 0.697. The van der Waals surface area contributed by atoms with Gasteiger partial charge in [-0.25, -0.2) is 0 Å². The lowest BCUT2D eigenvalue weighted by molar-refractivity contribution is -0.127. The molecule has 0 unspecified atom stereocenters. The Morgan fingerprint density at radius 3 is 2.25 bits per heavy atom. The van der Waals surface area contributed by atoms with E-state index in [1.165, 1.54) is 5.56 Å². The average molecular weight is 439 g/mol. The Bertz CT molecular complexity index is 924. The molecule has 1 aromatic carbocycles. The van der Waals surface area contributed by atoms with Gasteiger partial charge in [-0.05, 0) is 62.8 Å². The standard InChI is InChI=1S/C27H38N2O3/c1-19(2)20-6-8-21(9-7-20)27(31,25(3)17-29(5)18-25)22-14-24(16-28-15-22)32-23-10-12-26(4,30)13-11-23/h6-9,14-16,19,23,30-31H,10-13,17-18H2,1-5H3/t23?,26?,27-/m0/s1. The predicted octanol–water partition coefficient (Wildman–Crippen LogP) is 4.47. The van der Waals surface area contributed by atoms with Crippen LogP contribution in [0.25, 0.3) is 0 Å². The Morgan fingerprint density at radius 1 is 1.06 bits per heavy atom. The highest BCUT2D eigenvalue weighted by Crippen LogP contribution is 2.50. The first-order chi connectivity index (χ1) is 15.0. The molecule has 1 aromatic heterocycles. The van der Waals surface area contributed by atoms with Crippen molar-refractivity contribution in [1.29, 1.82) is 0 Å². The first kappa shape index (κ1) is 23.2. The molecule has 5 heteroatoms. The zero-order chi connectivity index (χ0) is 23.1. The summed E-state index contributed by atoms with van der Waals surface area (Å²) in [6, 6.07) is 10.3. The monoisotopic (exact) mass is 438 g/mol. The lowest BCUT2D eigenvalue weighted by atomic mass is 9.62. The summed E-state index contributed by atoms with van der Waals surface area (Å²) >= 11 is 0. The van der Waals surface area contributed by atoms with E-state index in [-0.39, 0.29) is 11.5 Å². The van der Waals surface area contributed by atoms with E-state index in [0.717, 1.165) is 49.9 Å². The summed E-state index contributed by atoms with van der Waals surface area (Å²) in [4.78, 5) is 6.69. The van der Waals surface area contributed by atoms with Crippen molar-refractivity contribution in [3.63, 3.8) is 0 Å². The number of aliphatic hydroxyl groups is 2. The molecular weight excluding hydrogens is 400 g/mol. The molecule has 32 heavy (non-hydrogen) atoms. The average Bonchev–Trinajstić information content (AvgIpc) is 2.74. The highest BCUT2D eigenvalue weighted by molar-refractivity contribution is 5.43. The van der Waals surface area contributed by atoms with Crippen LogP contribution in [-0.4, -0.2) is 51.9 Å². The van der Waals surface area contributed by atoms with E-state index in [2.05, 4.69) is 62.0 Å². The highest BCUT2D eigenvalue weighted by atomic mass is 16.5. The SMILES string of the molecule is CC(C)c1ccc([C@](O)(c2cncc(OC3CCC(C)(O)CC3)c2)C2(C)CN(C)C2)cc1. The molecule has 1 saturated carbocycles. The summed E-state index contributed by atoms with van der Waals surface area (Å²) in [6.07, 6.45) is 6.69. The van der Waals surface area contributed by atoms with Gasteiger partial charge in [-0.3, -0.25) is 4.98 Å². The molecule has 2 aliphatic rings. The van der Waals surface area contributed by atoms with Gasteiger partial charge in [-0.1, -0.05) is 45.0 Å². The number of pyridine rings is 1. The van der Waals surface area contributed by atoms with Crippen molar-refractivity contribution in [1.82, 2.24) is 9.88 Å². The molecule has 2 N–H and O–H groups in total. The first-order valence-electron chi connectivity index (χ1n) is 11.9. The summed E-state index contributed by atoms with van der Waals surface area (Å²) in [5.74, 6) is 1.12. The van der Waals surface area contributed by atoms with E-state index in [0.29, 0.717) is 11.7 Å². The number of hydrogen-bond acceptors (Lipinski definition) is 5. The fourth-order valence-corrected chi connectivity index (χ4v) is 5.55. The maximum atomic E-state index is 12.3. The number of hydrogen-bond donors (Lipinski definition) is 2. The molecule has 1 aliphatic carbocycles. The Hall–Kier alpha value is -1.95. The fraction of sp³-hybridized carbons (Fsp3) is 0.593. The molecule has 174 valence electrons. The largest absolute Gasteiger partial charge is 0.489 e. The van der Waals surface area contributed by atoms with Gasteiger partial charge in [0.05, 0.1) is 17.9 Å². The summed E-state index contributed by atoms with van der Waals surface area (Å²) in [6.45, 7) is 10.0. The van der Waals surface area contributed by atoms with E-state index in [1.54, 1.807) is 12.4 Å². The van der Waals surface area contributed by atoms with Crippen LogP contribution in [0.1, 0.15) is 76.0 Å². The Labute approximate surface area is 192 Å². The van der Waals surface area contributed by atoms with E-state index >= 15 is 0 Å². The summed E-state index contributed by atoms with van der Waals surface area (Å²) in [5, 5.41) is 22.6. The van der Waals surface area contributed by atoms with Crippen LogP contribution >= 0.6 is 0 Å². The molecule has 4 rings (SSSR count). The molecule has 5 nitrogen and oxygen atoms in total. The van der Waals surface area contributed by atoms with Gasteiger partial charge in [-0.2, -0.15) is 0 Å². The third kappa shape index (κ3) is 4.30.